The van der Waals surface area contributed by atoms with Crippen LogP contribution in [0.15, 0.2) is 29.8 Å². The van der Waals surface area contributed by atoms with Gasteiger partial charge in [-0.15, -0.1) is 3.89 Å². The normalized spacial score (nSPS) is 16.8. The first kappa shape index (κ1) is 30.9. The minimum Gasteiger partial charge on any atom is -0.443 e. The van der Waals surface area contributed by atoms with Gasteiger partial charge in [0.25, 0.3) is 0 Å². The molecule has 2 rings (SSSR count). The lowest BCUT2D eigenvalue weighted by molar-refractivity contribution is -0.115. The molecule has 1 aliphatic rings. The number of rotatable bonds is 5. The second kappa shape index (κ2) is 15.0. The van der Waals surface area contributed by atoms with Gasteiger partial charge >= 0.3 is 6.09 Å². The Labute approximate surface area is 205 Å². The Bertz CT molecular complexity index is 815. The van der Waals surface area contributed by atoms with Gasteiger partial charge in [0, 0.05) is 32.3 Å². The van der Waals surface area contributed by atoms with Crippen molar-refractivity contribution in [3.63, 3.8) is 0 Å². The zero-order valence-corrected chi connectivity index (χ0v) is 22.2. The van der Waals surface area contributed by atoms with Crippen molar-refractivity contribution in [1.29, 1.82) is 0 Å². The van der Waals surface area contributed by atoms with Crippen molar-refractivity contribution in [3.05, 3.63) is 41.7 Å². The van der Waals surface area contributed by atoms with Crippen LogP contribution in [0, 0.1) is 5.82 Å². The summed E-state index contributed by atoms with van der Waals surface area (Å²) in [4.78, 5) is 27.0. The molecule has 1 aliphatic carbocycles. The molecule has 1 fully saturated rings. The fourth-order valence-corrected chi connectivity index (χ4v) is 3.98. The van der Waals surface area contributed by atoms with Crippen LogP contribution in [-0.4, -0.2) is 58.9 Å². The number of amidine groups is 1. The van der Waals surface area contributed by atoms with Gasteiger partial charge in [-0.3, -0.25) is 9.79 Å². The molecule has 0 N–H and O–H groups in total. The second-order valence-electron chi connectivity index (χ2n) is 7.90. The quantitative estimate of drug-likeness (QED) is 0.197. The summed E-state index contributed by atoms with van der Waals surface area (Å²) in [5.41, 5.74) is 0.702. The fraction of sp³-hybridized carbons (Fsp3) is 0.522. The van der Waals surface area contributed by atoms with Gasteiger partial charge in [-0.2, -0.15) is 4.31 Å². The molecular formula is C23H35F2N3O3S2. The van der Waals surface area contributed by atoms with E-state index in [-0.39, 0.29) is 34.5 Å². The molecule has 0 aromatic heterocycles. The molecule has 2 unspecified atom stereocenters. The third-order valence-electron chi connectivity index (χ3n) is 3.85. The third-order valence-corrected chi connectivity index (χ3v) is 5.82. The predicted molar refractivity (Wildman–Crippen MR) is 136 cm³/mol. The SMILES string of the molecule is C=Cc1ccc(F)c(C2CC2SC(=NC)N(SF)C(=O)OC(C)(C)C)c1.CC.CN(C)C=O. The molecule has 33 heavy (non-hydrogen) atoms. The fourth-order valence-electron chi connectivity index (χ4n) is 2.37. The van der Waals surface area contributed by atoms with Crippen molar-refractivity contribution in [1.82, 2.24) is 9.21 Å². The molecular weight excluding hydrogens is 468 g/mol. The minimum atomic E-state index is -0.824. The molecule has 2 amide bonds. The van der Waals surface area contributed by atoms with Crippen molar-refractivity contribution in [2.45, 2.75) is 57.8 Å². The summed E-state index contributed by atoms with van der Waals surface area (Å²) in [5.74, 6) is -0.288. The van der Waals surface area contributed by atoms with Crippen LogP contribution in [0.4, 0.5) is 13.1 Å². The van der Waals surface area contributed by atoms with E-state index in [9.17, 15) is 17.9 Å². The summed E-state index contributed by atoms with van der Waals surface area (Å²) >= 11 is 0.992. The van der Waals surface area contributed by atoms with E-state index < -0.39 is 11.7 Å². The van der Waals surface area contributed by atoms with E-state index >= 15 is 0 Å². The molecule has 0 aliphatic heterocycles. The standard InChI is InChI=1S/C18H22F2N2O2S2.C3H7NO.C2H6/c1-6-11-7-8-14(19)12(9-11)13-10-15(13)25-16(21-5)22(26-20)17(23)24-18(2,3)4;1-4(2)3-5;1-2/h6-9,13,15H,1,10H2,2-5H3;3H,1-2H3;1-2H3. The Morgan fingerprint density at radius 3 is 2.30 bits per heavy atom. The van der Waals surface area contributed by atoms with Crippen LogP contribution >= 0.6 is 24.1 Å². The van der Waals surface area contributed by atoms with Crippen LogP contribution in [0.3, 0.4) is 0 Å². The number of nitrogens with zero attached hydrogens (tertiary/aromatic N) is 3. The molecule has 2 atom stereocenters. The Morgan fingerprint density at radius 2 is 1.88 bits per heavy atom. The number of amides is 2. The highest BCUT2D eigenvalue weighted by molar-refractivity contribution is 8.15. The number of carbonyl (C=O) groups excluding carboxylic acids is 2. The minimum absolute atomic E-state index is 0.0123. The highest BCUT2D eigenvalue weighted by atomic mass is 32.2. The van der Waals surface area contributed by atoms with Crippen molar-refractivity contribution in [3.8, 4) is 0 Å². The van der Waals surface area contributed by atoms with Gasteiger partial charge in [0.2, 0.25) is 6.41 Å². The maximum absolute atomic E-state index is 14.1. The van der Waals surface area contributed by atoms with Crippen LogP contribution in [0.25, 0.3) is 6.08 Å². The van der Waals surface area contributed by atoms with Crippen LogP contribution in [-0.2, 0) is 9.53 Å². The molecule has 6 nitrogen and oxygen atoms in total. The smallest absolute Gasteiger partial charge is 0.428 e. The van der Waals surface area contributed by atoms with Gasteiger partial charge in [0.05, 0.1) is 0 Å². The average Bonchev–Trinajstić information content (AvgIpc) is 3.53. The zero-order valence-electron chi connectivity index (χ0n) is 20.6. The number of hydrogen-bond donors (Lipinski definition) is 0. The van der Waals surface area contributed by atoms with E-state index in [1.807, 2.05) is 13.8 Å². The van der Waals surface area contributed by atoms with E-state index in [2.05, 4.69) is 11.6 Å². The Morgan fingerprint density at radius 1 is 1.30 bits per heavy atom. The van der Waals surface area contributed by atoms with Crippen LogP contribution in [0.2, 0.25) is 0 Å². The highest BCUT2D eigenvalue weighted by Crippen LogP contribution is 2.51. The van der Waals surface area contributed by atoms with Gasteiger partial charge < -0.3 is 9.64 Å². The Balaban J connectivity index is 0.00000129. The number of benzene rings is 1. The van der Waals surface area contributed by atoms with Crippen LogP contribution in [0.5, 0.6) is 0 Å². The molecule has 0 heterocycles. The molecule has 0 radical (unpaired) electrons. The lowest BCUT2D eigenvalue weighted by Gasteiger charge is -2.24. The second-order valence-corrected chi connectivity index (χ2v) is 9.61. The number of halogens is 2. The molecule has 10 heteroatoms. The average molecular weight is 504 g/mol. The molecule has 1 aromatic rings. The summed E-state index contributed by atoms with van der Waals surface area (Å²) in [6, 6.07) is 4.86. The summed E-state index contributed by atoms with van der Waals surface area (Å²) in [5, 5.41) is 0.208. The van der Waals surface area contributed by atoms with E-state index in [1.54, 1.807) is 53.1 Å². The Kier molecular flexibility index (Phi) is 14.0. The Hall–Kier alpha value is -2.07. The first-order chi connectivity index (χ1) is 15.5. The lowest BCUT2D eigenvalue weighted by atomic mass is 10.1. The van der Waals surface area contributed by atoms with Crippen molar-refractivity contribution >= 4 is 47.8 Å². The van der Waals surface area contributed by atoms with Crippen LogP contribution in [0.1, 0.15) is 58.1 Å². The van der Waals surface area contributed by atoms with Crippen molar-refractivity contribution in [2.24, 2.45) is 4.99 Å². The number of ether oxygens (including phenoxy) is 1. The maximum Gasteiger partial charge on any atom is 0.428 e. The summed E-state index contributed by atoms with van der Waals surface area (Å²) in [7, 11) is 4.85. The van der Waals surface area contributed by atoms with Gasteiger partial charge in [-0.05, 0) is 50.5 Å². The first-order valence-corrected chi connectivity index (χ1v) is 12.0. The zero-order chi connectivity index (χ0) is 25.8. The first-order valence-electron chi connectivity index (χ1n) is 10.5. The van der Waals surface area contributed by atoms with Crippen LogP contribution < -0.4 is 0 Å². The molecule has 1 saturated carbocycles. The molecule has 0 saturated heterocycles. The van der Waals surface area contributed by atoms with Gasteiger partial charge in [0.15, 0.2) is 17.5 Å². The number of thioether (sulfide) groups is 1. The molecule has 1 aromatic carbocycles. The molecule has 0 spiro atoms. The maximum atomic E-state index is 14.1. The number of carbonyl (C=O) groups is 2. The topological polar surface area (TPSA) is 62.2 Å². The monoisotopic (exact) mass is 503 g/mol. The number of hydrogen-bond acceptors (Lipinski definition) is 6. The highest BCUT2D eigenvalue weighted by Gasteiger charge is 2.43. The third kappa shape index (κ3) is 11.1. The largest absolute Gasteiger partial charge is 0.443 e. The van der Waals surface area contributed by atoms with Gasteiger partial charge in [-0.1, -0.05) is 44.3 Å². The van der Waals surface area contributed by atoms with Gasteiger partial charge in [0.1, 0.15) is 11.4 Å². The van der Waals surface area contributed by atoms with Gasteiger partial charge in [-0.25, -0.2) is 9.18 Å². The lowest BCUT2D eigenvalue weighted by Crippen LogP contribution is -2.35. The molecule has 0 bridgehead atoms. The van der Waals surface area contributed by atoms with E-state index in [0.717, 1.165) is 22.7 Å². The summed E-state index contributed by atoms with van der Waals surface area (Å²) in [6.07, 6.45) is 2.31. The summed E-state index contributed by atoms with van der Waals surface area (Å²) < 4.78 is 33.4. The summed E-state index contributed by atoms with van der Waals surface area (Å²) in [6.45, 7) is 12.8. The van der Waals surface area contributed by atoms with E-state index in [1.165, 1.54) is 29.8 Å². The number of aliphatic imine (C=N–C) groups is 1. The van der Waals surface area contributed by atoms with Crippen molar-refractivity contribution in [2.75, 3.05) is 21.1 Å². The van der Waals surface area contributed by atoms with Crippen molar-refractivity contribution < 1.29 is 22.6 Å². The van der Waals surface area contributed by atoms with E-state index in [0.29, 0.717) is 5.56 Å². The molecule has 186 valence electrons. The van der Waals surface area contributed by atoms with E-state index in [4.69, 9.17) is 4.74 Å². The predicted octanol–water partition coefficient (Wildman–Crippen LogP) is 6.54.